The molecule has 0 spiro atoms. The fourth-order valence-electron chi connectivity index (χ4n) is 2.06. The lowest BCUT2D eigenvalue weighted by Gasteiger charge is -2.33. The van der Waals surface area contributed by atoms with Crippen molar-refractivity contribution in [1.29, 1.82) is 0 Å². The van der Waals surface area contributed by atoms with Crippen LogP contribution in [-0.4, -0.2) is 15.7 Å². The van der Waals surface area contributed by atoms with E-state index in [2.05, 4.69) is 17.0 Å². The molecule has 1 aliphatic rings. The predicted octanol–water partition coefficient (Wildman–Crippen LogP) is 1.56. The van der Waals surface area contributed by atoms with Gasteiger partial charge in [-0.15, -0.1) is 0 Å². The van der Waals surface area contributed by atoms with Crippen LogP contribution >= 0.6 is 0 Å². The molecule has 1 heterocycles. The monoisotopic (exact) mass is 219 g/mol. The van der Waals surface area contributed by atoms with Crippen LogP contribution in [0, 0.1) is 5.92 Å². The lowest BCUT2D eigenvalue weighted by molar-refractivity contribution is -0.117. The van der Waals surface area contributed by atoms with Crippen molar-refractivity contribution in [3.05, 3.63) is 30.6 Å². The van der Waals surface area contributed by atoms with Crippen molar-refractivity contribution in [3.63, 3.8) is 0 Å². The van der Waals surface area contributed by atoms with Crippen LogP contribution in [0.15, 0.2) is 25.0 Å². The fraction of sp³-hybridized carbons (Fsp3) is 0.500. The minimum atomic E-state index is -0.110. The first-order valence-electron chi connectivity index (χ1n) is 5.62. The summed E-state index contributed by atoms with van der Waals surface area (Å²) in [5.41, 5.74) is 1.09. The number of nitrogens with zero attached hydrogens (tertiary/aromatic N) is 2. The zero-order valence-electron chi connectivity index (χ0n) is 9.52. The Morgan fingerprint density at radius 2 is 2.50 bits per heavy atom. The van der Waals surface area contributed by atoms with Gasteiger partial charge >= 0.3 is 0 Å². The molecular weight excluding hydrogens is 202 g/mol. The molecule has 0 radical (unpaired) electrons. The lowest BCUT2D eigenvalue weighted by Crippen LogP contribution is -2.35. The maximum Gasteiger partial charge on any atom is 0.243 e. The molecule has 0 saturated heterocycles. The Morgan fingerprint density at radius 1 is 1.75 bits per heavy atom. The topological polar surface area (TPSA) is 46.9 Å². The van der Waals surface area contributed by atoms with Gasteiger partial charge in [-0.3, -0.25) is 9.48 Å². The SMILES string of the molecule is C=CC(=O)NC(c1cnn(C)c1)C1CCC1. The number of aromatic nitrogens is 2. The molecule has 2 rings (SSSR count). The van der Waals surface area contributed by atoms with Gasteiger partial charge in [0.05, 0.1) is 12.2 Å². The second kappa shape index (κ2) is 4.51. The van der Waals surface area contributed by atoms with Gasteiger partial charge in [-0.2, -0.15) is 5.10 Å². The van der Waals surface area contributed by atoms with Gasteiger partial charge in [-0.25, -0.2) is 0 Å². The van der Waals surface area contributed by atoms with Gasteiger partial charge in [-0.05, 0) is 24.8 Å². The maximum absolute atomic E-state index is 11.4. The molecule has 1 unspecified atom stereocenters. The fourth-order valence-corrected chi connectivity index (χ4v) is 2.06. The summed E-state index contributed by atoms with van der Waals surface area (Å²) in [7, 11) is 1.89. The molecule has 0 aromatic carbocycles. The van der Waals surface area contributed by atoms with E-state index in [-0.39, 0.29) is 11.9 Å². The summed E-state index contributed by atoms with van der Waals surface area (Å²) in [5, 5.41) is 7.14. The highest BCUT2D eigenvalue weighted by Gasteiger charge is 2.29. The minimum Gasteiger partial charge on any atom is -0.345 e. The summed E-state index contributed by atoms with van der Waals surface area (Å²) in [6.07, 6.45) is 8.72. The van der Waals surface area contributed by atoms with Gasteiger partial charge in [0.15, 0.2) is 0 Å². The van der Waals surface area contributed by atoms with Gasteiger partial charge in [0.25, 0.3) is 0 Å². The van der Waals surface area contributed by atoms with E-state index < -0.39 is 0 Å². The summed E-state index contributed by atoms with van der Waals surface area (Å²) in [5.74, 6) is 0.439. The minimum absolute atomic E-state index is 0.0907. The van der Waals surface area contributed by atoms with E-state index in [4.69, 9.17) is 0 Å². The first-order valence-corrected chi connectivity index (χ1v) is 5.62. The normalized spacial score (nSPS) is 17.6. The van der Waals surface area contributed by atoms with Gasteiger partial charge in [0.2, 0.25) is 5.91 Å². The van der Waals surface area contributed by atoms with Crippen LogP contribution < -0.4 is 5.32 Å². The van der Waals surface area contributed by atoms with Crippen LogP contribution in [0.1, 0.15) is 30.9 Å². The molecular formula is C12H17N3O. The summed E-state index contributed by atoms with van der Waals surface area (Å²) in [6, 6.07) is 0.0907. The van der Waals surface area contributed by atoms with Crippen molar-refractivity contribution in [1.82, 2.24) is 15.1 Å². The van der Waals surface area contributed by atoms with Crippen LogP contribution in [0.2, 0.25) is 0 Å². The second-order valence-corrected chi connectivity index (χ2v) is 4.33. The molecule has 0 bridgehead atoms. The Morgan fingerprint density at radius 3 is 2.94 bits per heavy atom. The van der Waals surface area contributed by atoms with Crippen LogP contribution in [0.3, 0.4) is 0 Å². The molecule has 1 saturated carbocycles. The van der Waals surface area contributed by atoms with Crippen LogP contribution in [0.4, 0.5) is 0 Å². The second-order valence-electron chi connectivity index (χ2n) is 4.33. The first-order chi connectivity index (χ1) is 7.70. The molecule has 4 nitrogen and oxygen atoms in total. The number of amides is 1. The molecule has 1 aromatic heterocycles. The third-order valence-electron chi connectivity index (χ3n) is 3.19. The first kappa shape index (κ1) is 10.9. The molecule has 1 aromatic rings. The standard InChI is InChI=1S/C12H17N3O/c1-3-11(16)14-12(9-5-4-6-9)10-7-13-15(2)8-10/h3,7-9,12H,1,4-6H2,2H3,(H,14,16). The number of hydrogen-bond acceptors (Lipinski definition) is 2. The van der Waals surface area contributed by atoms with E-state index in [1.165, 1.54) is 25.3 Å². The Kier molecular flexibility index (Phi) is 3.08. The third-order valence-corrected chi connectivity index (χ3v) is 3.19. The number of nitrogens with one attached hydrogen (secondary N) is 1. The summed E-state index contributed by atoms with van der Waals surface area (Å²) in [6.45, 7) is 3.48. The average Bonchev–Trinajstić information content (AvgIpc) is 2.61. The molecule has 1 amide bonds. The molecule has 16 heavy (non-hydrogen) atoms. The number of carbonyl (C=O) groups is 1. The predicted molar refractivity (Wildman–Crippen MR) is 61.6 cm³/mol. The van der Waals surface area contributed by atoms with Crippen molar-refractivity contribution in [2.75, 3.05) is 0 Å². The quantitative estimate of drug-likeness (QED) is 0.781. The Bertz CT molecular complexity index is 393. The van der Waals surface area contributed by atoms with E-state index >= 15 is 0 Å². The summed E-state index contributed by atoms with van der Waals surface area (Å²) >= 11 is 0. The average molecular weight is 219 g/mol. The maximum atomic E-state index is 11.4. The smallest absolute Gasteiger partial charge is 0.243 e. The number of rotatable bonds is 4. The highest BCUT2D eigenvalue weighted by Crippen LogP contribution is 2.37. The Labute approximate surface area is 95.3 Å². The van der Waals surface area contributed by atoms with E-state index in [0.717, 1.165) is 5.56 Å². The summed E-state index contributed by atoms with van der Waals surface area (Å²) < 4.78 is 1.76. The van der Waals surface area contributed by atoms with Crippen LogP contribution in [-0.2, 0) is 11.8 Å². The van der Waals surface area contributed by atoms with Crippen molar-refractivity contribution in [2.45, 2.75) is 25.3 Å². The van der Waals surface area contributed by atoms with Gasteiger partial charge in [0.1, 0.15) is 0 Å². The highest BCUT2D eigenvalue weighted by atomic mass is 16.1. The molecule has 1 atom stereocenters. The molecule has 4 heteroatoms. The van der Waals surface area contributed by atoms with E-state index in [0.29, 0.717) is 5.92 Å². The molecule has 86 valence electrons. The zero-order chi connectivity index (χ0) is 11.5. The van der Waals surface area contributed by atoms with Gasteiger partial charge in [-0.1, -0.05) is 13.0 Å². The van der Waals surface area contributed by atoms with Crippen LogP contribution in [0.25, 0.3) is 0 Å². The highest BCUT2D eigenvalue weighted by molar-refractivity contribution is 5.87. The van der Waals surface area contributed by atoms with Crippen LogP contribution in [0.5, 0.6) is 0 Å². The van der Waals surface area contributed by atoms with E-state index in [9.17, 15) is 4.79 Å². The molecule has 0 aliphatic heterocycles. The number of aryl methyl sites for hydroxylation is 1. The number of hydrogen-bond donors (Lipinski definition) is 1. The van der Waals surface area contributed by atoms with Gasteiger partial charge < -0.3 is 5.32 Å². The molecule has 1 aliphatic carbocycles. The molecule has 1 N–H and O–H groups in total. The Hall–Kier alpha value is -1.58. The summed E-state index contributed by atoms with van der Waals surface area (Å²) in [4.78, 5) is 11.4. The van der Waals surface area contributed by atoms with Crippen molar-refractivity contribution in [2.24, 2.45) is 13.0 Å². The lowest BCUT2D eigenvalue weighted by atomic mass is 9.78. The zero-order valence-corrected chi connectivity index (χ0v) is 9.52. The van der Waals surface area contributed by atoms with Crippen molar-refractivity contribution < 1.29 is 4.79 Å². The van der Waals surface area contributed by atoms with Gasteiger partial charge in [0, 0.05) is 18.8 Å². The molecule has 1 fully saturated rings. The van der Waals surface area contributed by atoms with E-state index in [1.54, 1.807) is 4.68 Å². The van der Waals surface area contributed by atoms with Crippen molar-refractivity contribution in [3.8, 4) is 0 Å². The number of carbonyl (C=O) groups excluding carboxylic acids is 1. The third kappa shape index (κ3) is 2.15. The largest absolute Gasteiger partial charge is 0.345 e. The Balaban J connectivity index is 2.13. The van der Waals surface area contributed by atoms with E-state index in [1.807, 2.05) is 19.4 Å². The van der Waals surface area contributed by atoms with Crippen molar-refractivity contribution >= 4 is 5.91 Å².